The molecule has 0 amide bonds. The lowest BCUT2D eigenvalue weighted by atomic mass is 10.1. The van der Waals surface area contributed by atoms with Crippen LogP contribution in [0.3, 0.4) is 0 Å². The summed E-state index contributed by atoms with van der Waals surface area (Å²) < 4.78 is 7.28. The van der Waals surface area contributed by atoms with Crippen molar-refractivity contribution in [2.75, 3.05) is 6.61 Å². The maximum absolute atomic E-state index is 6.14. The maximum Gasteiger partial charge on any atom is 0.119 e. The van der Waals surface area contributed by atoms with Crippen molar-refractivity contribution < 1.29 is 4.74 Å². The zero-order valence-electron chi connectivity index (χ0n) is 10.1. The second-order valence-electron chi connectivity index (χ2n) is 3.94. The molecule has 1 aromatic heterocycles. The number of ether oxygens (including phenoxy) is 1. The predicted molar refractivity (Wildman–Crippen MR) is 66.8 cm³/mol. The molecule has 0 aliphatic carbocycles. The first-order valence-corrected chi connectivity index (χ1v) is 5.67. The van der Waals surface area contributed by atoms with Crippen LogP contribution in [0.1, 0.15) is 24.2 Å². The number of aryl methyl sites for hydroxylation is 1. The van der Waals surface area contributed by atoms with E-state index in [0.717, 1.165) is 17.0 Å². The Morgan fingerprint density at radius 3 is 2.59 bits per heavy atom. The molecule has 2 N–H and O–H groups in total. The first-order chi connectivity index (χ1) is 8.20. The Morgan fingerprint density at radius 2 is 2.06 bits per heavy atom. The third kappa shape index (κ3) is 2.65. The summed E-state index contributed by atoms with van der Waals surface area (Å²) in [5, 5.41) is 0. The number of nitrogens with two attached hydrogens (primary N) is 1. The molecule has 0 aliphatic rings. The van der Waals surface area contributed by atoms with E-state index in [1.165, 1.54) is 0 Å². The van der Waals surface area contributed by atoms with Crippen molar-refractivity contribution in [1.82, 2.24) is 9.55 Å². The highest BCUT2D eigenvalue weighted by atomic mass is 16.5. The van der Waals surface area contributed by atoms with E-state index in [1.807, 2.05) is 49.0 Å². The highest BCUT2D eigenvalue weighted by molar-refractivity contribution is 5.32. The number of hydrogen-bond donors (Lipinski definition) is 1. The van der Waals surface area contributed by atoms with Crippen molar-refractivity contribution in [1.29, 1.82) is 0 Å². The van der Waals surface area contributed by atoms with Crippen LogP contribution in [0, 0.1) is 0 Å². The quantitative estimate of drug-likeness (QED) is 0.874. The Bertz CT molecular complexity index is 476. The molecule has 1 unspecified atom stereocenters. The van der Waals surface area contributed by atoms with Crippen LogP contribution in [-0.4, -0.2) is 16.2 Å². The van der Waals surface area contributed by atoms with Crippen molar-refractivity contribution in [2.24, 2.45) is 12.8 Å². The Hall–Kier alpha value is -1.81. The molecule has 1 heterocycles. The summed E-state index contributed by atoms with van der Waals surface area (Å²) in [5.74, 6) is 0.865. The number of aromatic nitrogens is 2. The van der Waals surface area contributed by atoms with Gasteiger partial charge in [-0.2, -0.15) is 0 Å². The van der Waals surface area contributed by atoms with Gasteiger partial charge in [-0.15, -0.1) is 0 Å². The zero-order chi connectivity index (χ0) is 12.3. The van der Waals surface area contributed by atoms with Gasteiger partial charge in [-0.3, -0.25) is 0 Å². The standard InChI is InChI=1S/C13H17N3O/c1-3-17-11-6-4-10(5-7-11)13(14)12-8-16(2)9-15-12/h4-9,13H,3,14H2,1-2H3. The Morgan fingerprint density at radius 1 is 1.35 bits per heavy atom. The van der Waals surface area contributed by atoms with Gasteiger partial charge >= 0.3 is 0 Å². The lowest BCUT2D eigenvalue weighted by Crippen LogP contribution is -2.12. The van der Waals surface area contributed by atoms with Crippen molar-refractivity contribution in [3.05, 3.63) is 48.0 Å². The third-order valence-corrected chi connectivity index (χ3v) is 2.59. The van der Waals surface area contributed by atoms with Crippen molar-refractivity contribution in [3.8, 4) is 5.75 Å². The Kier molecular flexibility index (Phi) is 3.44. The van der Waals surface area contributed by atoms with Gasteiger partial charge in [0, 0.05) is 13.2 Å². The van der Waals surface area contributed by atoms with E-state index in [9.17, 15) is 0 Å². The van der Waals surface area contributed by atoms with Gasteiger partial charge in [0.2, 0.25) is 0 Å². The molecule has 2 rings (SSSR count). The monoisotopic (exact) mass is 231 g/mol. The molecule has 0 spiro atoms. The summed E-state index contributed by atoms with van der Waals surface area (Å²) in [4.78, 5) is 4.26. The molecular formula is C13H17N3O. The van der Waals surface area contributed by atoms with Gasteiger partial charge in [-0.05, 0) is 24.6 Å². The average Bonchev–Trinajstić information content (AvgIpc) is 2.76. The average molecular weight is 231 g/mol. The van der Waals surface area contributed by atoms with E-state index >= 15 is 0 Å². The highest BCUT2D eigenvalue weighted by Gasteiger charge is 2.11. The minimum absolute atomic E-state index is 0.188. The molecule has 0 aliphatic heterocycles. The summed E-state index contributed by atoms with van der Waals surface area (Å²) in [6, 6.07) is 7.63. The van der Waals surface area contributed by atoms with Crippen LogP contribution in [-0.2, 0) is 7.05 Å². The van der Waals surface area contributed by atoms with Gasteiger partial charge in [-0.1, -0.05) is 12.1 Å². The molecule has 1 aromatic carbocycles. The lowest BCUT2D eigenvalue weighted by molar-refractivity contribution is 0.340. The first-order valence-electron chi connectivity index (χ1n) is 5.67. The van der Waals surface area contributed by atoms with Gasteiger partial charge in [0.1, 0.15) is 5.75 Å². The summed E-state index contributed by atoms with van der Waals surface area (Å²) in [7, 11) is 1.93. The topological polar surface area (TPSA) is 53.1 Å². The normalized spacial score (nSPS) is 12.4. The number of benzene rings is 1. The van der Waals surface area contributed by atoms with Crippen LogP contribution >= 0.6 is 0 Å². The minimum atomic E-state index is -0.188. The van der Waals surface area contributed by atoms with Crippen LogP contribution in [0.2, 0.25) is 0 Å². The first kappa shape index (κ1) is 11.7. The molecule has 4 nitrogen and oxygen atoms in total. The molecule has 0 bridgehead atoms. The summed E-state index contributed by atoms with van der Waals surface area (Å²) in [5.41, 5.74) is 8.04. The van der Waals surface area contributed by atoms with Crippen molar-refractivity contribution in [2.45, 2.75) is 13.0 Å². The smallest absolute Gasteiger partial charge is 0.119 e. The van der Waals surface area contributed by atoms with Gasteiger partial charge in [0.05, 0.1) is 24.7 Å². The van der Waals surface area contributed by atoms with E-state index in [0.29, 0.717) is 6.61 Å². The van der Waals surface area contributed by atoms with Crippen molar-refractivity contribution in [3.63, 3.8) is 0 Å². The van der Waals surface area contributed by atoms with E-state index in [2.05, 4.69) is 4.98 Å². The fourth-order valence-corrected chi connectivity index (χ4v) is 1.70. The predicted octanol–water partition coefficient (Wildman–Crippen LogP) is 1.87. The number of hydrogen-bond acceptors (Lipinski definition) is 3. The Balaban J connectivity index is 2.16. The molecule has 1 atom stereocenters. The molecular weight excluding hydrogens is 214 g/mol. The van der Waals surface area contributed by atoms with E-state index in [-0.39, 0.29) is 6.04 Å². The lowest BCUT2D eigenvalue weighted by Gasteiger charge is -2.10. The number of imidazole rings is 1. The molecule has 0 saturated heterocycles. The van der Waals surface area contributed by atoms with Crippen LogP contribution < -0.4 is 10.5 Å². The molecule has 4 heteroatoms. The maximum atomic E-state index is 6.14. The highest BCUT2D eigenvalue weighted by Crippen LogP contribution is 2.20. The molecule has 0 fully saturated rings. The zero-order valence-corrected chi connectivity index (χ0v) is 10.1. The van der Waals surface area contributed by atoms with Gasteiger partial charge in [0.15, 0.2) is 0 Å². The van der Waals surface area contributed by atoms with Crippen LogP contribution in [0.5, 0.6) is 5.75 Å². The fraction of sp³-hybridized carbons (Fsp3) is 0.308. The largest absolute Gasteiger partial charge is 0.494 e. The summed E-state index contributed by atoms with van der Waals surface area (Å²) in [6.45, 7) is 2.64. The van der Waals surface area contributed by atoms with Gasteiger partial charge in [-0.25, -0.2) is 4.98 Å². The van der Waals surface area contributed by atoms with Gasteiger partial charge in [0.25, 0.3) is 0 Å². The van der Waals surface area contributed by atoms with Crippen LogP contribution in [0.15, 0.2) is 36.8 Å². The molecule has 17 heavy (non-hydrogen) atoms. The molecule has 2 aromatic rings. The number of nitrogens with zero attached hydrogens (tertiary/aromatic N) is 2. The Labute approximate surface area is 101 Å². The minimum Gasteiger partial charge on any atom is -0.494 e. The fourth-order valence-electron chi connectivity index (χ4n) is 1.70. The second kappa shape index (κ2) is 5.01. The van der Waals surface area contributed by atoms with E-state index in [1.54, 1.807) is 6.33 Å². The van der Waals surface area contributed by atoms with Crippen molar-refractivity contribution >= 4 is 0 Å². The van der Waals surface area contributed by atoms with Crippen LogP contribution in [0.25, 0.3) is 0 Å². The second-order valence-corrected chi connectivity index (χ2v) is 3.94. The van der Waals surface area contributed by atoms with E-state index < -0.39 is 0 Å². The van der Waals surface area contributed by atoms with Gasteiger partial charge < -0.3 is 15.0 Å². The summed E-state index contributed by atoms with van der Waals surface area (Å²) in [6.07, 6.45) is 3.69. The molecule has 0 radical (unpaired) electrons. The molecule has 0 saturated carbocycles. The summed E-state index contributed by atoms with van der Waals surface area (Å²) >= 11 is 0. The van der Waals surface area contributed by atoms with Crippen LogP contribution in [0.4, 0.5) is 0 Å². The molecule has 90 valence electrons. The van der Waals surface area contributed by atoms with E-state index in [4.69, 9.17) is 10.5 Å². The third-order valence-electron chi connectivity index (χ3n) is 2.59. The SMILES string of the molecule is CCOc1ccc(C(N)c2cn(C)cn2)cc1. The number of rotatable bonds is 4.